The van der Waals surface area contributed by atoms with Crippen LogP contribution in [0.5, 0.6) is 5.75 Å². The van der Waals surface area contributed by atoms with Crippen LogP contribution in [-0.2, 0) is 11.2 Å². The van der Waals surface area contributed by atoms with Crippen LogP contribution in [0.1, 0.15) is 5.56 Å². The fourth-order valence-electron chi connectivity index (χ4n) is 1.85. The topological polar surface area (TPSA) is 30.5 Å². The summed E-state index contributed by atoms with van der Waals surface area (Å²) >= 11 is 0. The number of ether oxygens (including phenoxy) is 2. The van der Waals surface area contributed by atoms with Crippen LogP contribution in [-0.4, -0.2) is 32.9 Å². The molecule has 0 bridgehead atoms. The summed E-state index contributed by atoms with van der Waals surface area (Å²) in [6.45, 7) is 2.45. The number of hydrogen-bond donors (Lipinski definition) is 1. The summed E-state index contributed by atoms with van der Waals surface area (Å²) in [5, 5.41) is 3.25. The monoisotopic (exact) mass is 225 g/mol. The Morgan fingerprint density at radius 3 is 3.06 bits per heavy atom. The predicted molar refractivity (Wildman–Crippen MR) is 59.3 cm³/mol. The molecule has 0 saturated carbocycles. The molecular weight excluding hydrogens is 209 g/mol. The smallest absolute Gasteiger partial charge is 0.165 e. The summed E-state index contributed by atoms with van der Waals surface area (Å²) in [4.78, 5) is 0. The van der Waals surface area contributed by atoms with Crippen LogP contribution in [0.25, 0.3) is 0 Å². The zero-order chi connectivity index (χ0) is 11.4. The molecule has 3 nitrogen and oxygen atoms in total. The van der Waals surface area contributed by atoms with Crippen molar-refractivity contribution in [2.24, 2.45) is 0 Å². The standard InChI is InChI=1S/C12H16FNO2/c1-15-12-3-2-9(7-11(12)13)6-10-8-14-4-5-16-10/h2-3,7,10,14H,4-6,8H2,1H3. The van der Waals surface area contributed by atoms with Crippen molar-refractivity contribution in [3.8, 4) is 5.75 Å². The fourth-order valence-corrected chi connectivity index (χ4v) is 1.85. The summed E-state index contributed by atoms with van der Waals surface area (Å²) in [7, 11) is 1.46. The number of nitrogens with one attached hydrogen (secondary N) is 1. The van der Waals surface area contributed by atoms with Crippen LogP contribution in [0.15, 0.2) is 18.2 Å². The van der Waals surface area contributed by atoms with Crippen LogP contribution >= 0.6 is 0 Å². The first-order valence-electron chi connectivity index (χ1n) is 5.44. The van der Waals surface area contributed by atoms with Gasteiger partial charge >= 0.3 is 0 Å². The number of morpholine rings is 1. The molecule has 1 unspecified atom stereocenters. The van der Waals surface area contributed by atoms with Crippen LogP contribution < -0.4 is 10.1 Å². The Morgan fingerprint density at radius 2 is 2.44 bits per heavy atom. The van der Waals surface area contributed by atoms with E-state index >= 15 is 0 Å². The normalized spacial score (nSPS) is 20.8. The third-order valence-electron chi connectivity index (χ3n) is 2.68. The SMILES string of the molecule is COc1ccc(CC2CNCCO2)cc1F. The first-order valence-corrected chi connectivity index (χ1v) is 5.44. The average Bonchev–Trinajstić information content (AvgIpc) is 2.31. The third-order valence-corrected chi connectivity index (χ3v) is 2.68. The van der Waals surface area contributed by atoms with Crippen molar-refractivity contribution < 1.29 is 13.9 Å². The van der Waals surface area contributed by atoms with Gasteiger partial charge in [0.25, 0.3) is 0 Å². The molecule has 88 valence electrons. The first kappa shape index (κ1) is 11.4. The molecule has 0 spiro atoms. The van der Waals surface area contributed by atoms with Crippen molar-refractivity contribution >= 4 is 0 Å². The van der Waals surface area contributed by atoms with Crippen LogP contribution in [0.3, 0.4) is 0 Å². The van der Waals surface area contributed by atoms with Gasteiger partial charge in [0.15, 0.2) is 11.6 Å². The van der Waals surface area contributed by atoms with E-state index < -0.39 is 0 Å². The first-order chi connectivity index (χ1) is 7.79. The summed E-state index contributed by atoms with van der Waals surface area (Å²) in [5.41, 5.74) is 0.937. The van der Waals surface area contributed by atoms with Crippen LogP contribution in [0.2, 0.25) is 0 Å². The van der Waals surface area contributed by atoms with E-state index in [1.807, 2.05) is 6.07 Å². The van der Waals surface area contributed by atoms with E-state index in [4.69, 9.17) is 9.47 Å². The van der Waals surface area contributed by atoms with E-state index in [-0.39, 0.29) is 17.7 Å². The number of hydrogen-bond acceptors (Lipinski definition) is 3. The van der Waals surface area contributed by atoms with Crippen LogP contribution in [0, 0.1) is 5.82 Å². The van der Waals surface area contributed by atoms with Gasteiger partial charge in [0, 0.05) is 13.1 Å². The number of benzene rings is 1. The minimum atomic E-state index is -0.316. The lowest BCUT2D eigenvalue weighted by Gasteiger charge is -2.23. The molecule has 1 heterocycles. The average molecular weight is 225 g/mol. The largest absolute Gasteiger partial charge is 0.494 e. The minimum Gasteiger partial charge on any atom is -0.494 e. The number of halogens is 1. The molecule has 1 aliphatic heterocycles. The highest BCUT2D eigenvalue weighted by molar-refractivity contribution is 5.29. The summed E-state index contributed by atoms with van der Waals surface area (Å²) < 4.78 is 23.9. The highest BCUT2D eigenvalue weighted by atomic mass is 19.1. The Morgan fingerprint density at radius 1 is 1.56 bits per heavy atom. The Hall–Kier alpha value is -1.13. The van der Waals surface area contributed by atoms with Crippen LogP contribution in [0.4, 0.5) is 4.39 Å². The molecule has 16 heavy (non-hydrogen) atoms. The quantitative estimate of drug-likeness (QED) is 0.842. The molecule has 2 rings (SSSR count). The van der Waals surface area contributed by atoms with Gasteiger partial charge in [0.05, 0.1) is 19.8 Å². The molecule has 1 aliphatic rings. The van der Waals surface area contributed by atoms with Gasteiger partial charge in [-0.05, 0) is 24.1 Å². The summed E-state index contributed by atoms with van der Waals surface area (Å²) in [6.07, 6.45) is 0.870. The van der Waals surface area contributed by atoms with Gasteiger partial charge in [-0.15, -0.1) is 0 Å². The van der Waals surface area contributed by atoms with Crippen molar-refractivity contribution in [3.63, 3.8) is 0 Å². The van der Waals surface area contributed by atoms with E-state index in [9.17, 15) is 4.39 Å². The summed E-state index contributed by atoms with van der Waals surface area (Å²) in [6, 6.07) is 5.04. The van der Waals surface area contributed by atoms with Crippen molar-refractivity contribution in [1.82, 2.24) is 5.32 Å². The number of methoxy groups -OCH3 is 1. The molecule has 1 aromatic rings. The Bertz CT molecular complexity index is 351. The highest BCUT2D eigenvalue weighted by Gasteiger charge is 2.14. The molecular formula is C12H16FNO2. The second-order valence-electron chi connectivity index (χ2n) is 3.87. The molecule has 1 fully saturated rings. The summed E-state index contributed by atoms with van der Waals surface area (Å²) in [5.74, 6) is -0.0322. The Balaban J connectivity index is 2.01. The van der Waals surface area contributed by atoms with Crippen molar-refractivity contribution in [1.29, 1.82) is 0 Å². The zero-order valence-electron chi connectivity index (χ0n) is 9.33. The Labute approximate surface area is 94.6 Å². The maximum atomic E-state index is 13.4. The van der Waals surface area contributed by atoms with E-state index in [1.54, 1.807) is 6.07 Å². The van der Waals surface area contributed by atoms with Crippen molar-refractivity contribution in [3.05, 3.63) is 29.6 Å². The molecule has 4 heteroatoms. The molecule has 0 aliphatic carbocycles. The maximum Gasteiger partial charge on any atom is 0.165 e. The third kappa shape index (κ3) is 2.71. The minimum absolute atomic E-state index is 0.140. The van der Waals surface area contributed by atoms with Gasteiger partial charge in [-0.2, -0.15) is 0 Å². The van der Waals surface area contributed by atoms with Gasteiger partial charge in [0.2, 0.25) is 0 Å². The van der Waals surface area contributed by atoms with E-state index in [0.717, 1.165) is 31.7 Å². The van der Waals surface area contributed by atoms with Gasteiger partial charge < -0.3 is 14.8 Å². The van der Waals surface area contributed by atoms with Gasteiger partial charge in [0.1, 0.15) is 0 Å². The molecule has 1 aromatic carbocycles. The fraction of sp³-hybridized carbons (Fsp3) is 0.500. The van der Waals surface area contributed by atoms with Crippen molar-refractivity contribution in [2.45, 2.75) is 12.5 Å². The van der Waals surface area contributed by atoms with Gasteiger partial charge in [-0.1, -0.05) is 6.07 Å². The maximum absolute atomic E-state index is 13.4. The Kier molecular flexibility index (Phi) is 3.74. The predicted octanol–water partition coefficient (Wildman–Crippen LogP) is 1.37. The second kappa shape index (κ2) is 5.27. The molecule has 1 atom stereocenters. The molecule has 1 N–H and O–H groups in total. The van der Waals surface area contributed by atoms with Crippen molar-refractivity contribution in [2.75, 3.05) is 26.8 Å². The molecule has 0 amide bonds. The molecule has 0 aromatic heterocycles. The number of rotatable bonds is 3. The van der Waals surface area contributed by atoms with Gasteiger partial charge in [-0.25, -0.2) is 4.39 Å². The lowest BCUT2D eigenvalue weighted by molar-refractivity contribution is 0.0292. The van der Waals surface area contributed by atoms with E-state index in [2.05, 4.69) is 5.32 Å². The van der Waals surface area contributed by atoms with E-state index in [1.165, 1.54) is 13.2 Å². The zero-order valence-corrected chi connectivity index (χ0v) is 9.33. The lowest BCUT2D eigenvalue weighted by Crippen LogP contribution is -2.39. The second-order valence-corrected chi connectivity index (χ2v) is 3.87. The van der Waals surface area contributed by atoms with Gasteiger partial charge in [-0.3, -0.25) is 0 Å². The van der Waals surface area contributed by atoms with E-state index in [0.29, 0.717) is 0 Å². The highest BCUT2D eigenvalue weighted by Crippen LogP contribution is 2.19. The molecule has 1 saturated heterocycles. The lowest BCUT2D eigenvalue weighted by atomic mass is 10.1. The molecule has 0 radical (unpaired) electrons.